The fourth-order valence-electron chi connectivity index (χ4n) is 4.73. The quantitative estimate of drug-likeness (QED) is 0.834. The van der Waals surface area contributed by atoms with Crippen LogP contribution in [-0.2, 0) is 4.79 Å². The van der Waals surface area contributed by atoms with E-state index in [2.05, 4.69) is 33.7 Å². The smallest absolute Gasteiger partial charge is 0.260 e. The number of likely N-dealkylation sites (N-methyl/N-ethyl adjacent to an activating group) is 1. The summed E-state index contributed by atoms with van der Waals surface area (Å²) in [4.78, 5) is 26.1. The topological polar surface area (TPSA) is 58.6 Å². The number of para-hydroxylation sites is 1. The van der Waals surface area contributed by atoms with E-state index in [1.165, 1.54) is 19.2 Å². The number of fused-ring (bicyclic) bond motifs is 2. The minimum Gasteiger partial charge on any atom is -0.467 e. The van der Waals surface area contributed by atoms with E-state index in [9.17, 15) is 4.79 Å². The van der Waals surface area contributed by atoms with Crippen molar-refractivity contribution in [2.24, 2.45) is 0 Å². The number of benzene rings is 1. The molecule has 0 N–H and O–H groups in total. The van der Waals surface area contributed by atoms with Gasteiger partial charge in [0, 0.05) is 18.1 Å². The molecule has 0 saturated carbocycles. The maximum absolute atomic E-state index is 13.1. The van der Waals surface area contributed by atoms with Crippen LogP contribution in [0.2, 0.25) is 0 Å². The van der Waals surface area contributed by atoms with Crippen LogP contribution in [0.5, 0.6) is 5.88 Å². The minimum absolute atomic E-state index is 0.0251. The van der Waals surface area contributed by atoms with Crippen molar-refractivity contribution >= 4 is 16.8 Å². The number of aromatic nitrogens is 2. The highest BCUT2D eigenvalue weighted by molar-refractivity contribution is 5.84. The molecule has 1 amide bonds. The molecule has 0 radical (unpaired) electrons. The predicted octanol–water partition coefficient (Wildman–Crippen LogP) is 2.87. The van der Waals surface area contributed by atoms with Crippen LogP contribution in [0.4, 0.5) is 0 Å². The van der Waals surface area contributed by atoms with E-state index >= 15 is 0 Å². The van der Waals surface area contributed by atoms with Gasteiger partial charge in [-0.2, -0.15) is 0 Å². The zero-order valence-electron chi connectivity index (χ0n) is 16.2. The summed E-state index contributed by atoms with van der Waals surface area (Å²) < 4.78 is 5.85. The average molecular weight is 368 g/mol. The largest absolute Gasteiger partial charge is 0.467 e. The summed E-state index contributed by atoms with van der Waals surface area (Å²) in [6.07, 6.45) is 7.12. The van der Waals surface area contributed by atoms with Crippen LogP contribution < -0.4 is 4.74 Å². The molecule has 3 heterocycles. The molecule has 0 spiro atoms. The fourth-order valence-corrected chi connectivity index (χ4v) is 4.73. The molecule has 2 aliphatic heterocycles. The van der Waals surface area contributed by atoms with Crippen LogP contribution in [0.3, 0.4) is 0 Å². The number of ether oxygens (including phenoxy) is 1. The molecule has 0 aliphatic carbocycles. The van der Waals surface area contributed by atoms with Crippen LogP contribution >= 0.6 is 0 Å². The van der Waals surface area contributed by atoms with Crippen molar-refractivity contribution in [3.05, 3.63) is 30.6 Å². The number of hydrogen-bond donors (Lipinski definition) is 0. The molecular weight excluding hydrogens is 340 g/mol. The Hall–Kier alpha value is -2.21. The first-order valence-corrected chi connectivity index (χ1v) is 9.93. The first-order valence-electron chi connectivity index (χ1n) is 9.93. The van der Waals surface area contributed by atoms with Crippen molar-refractivity contribution < 1.29 is 9.53 Å². The van der Waals surface area contributed by atoms with Crippen molar-refractivity contribution in [2.75, 3.05) is 26.7 Å². The van der Waals surface area contributed by atoms with Gasteiger partial charge in [0.25, 0.3) is 5.91 Å². The van der Waals surface area contributed by atoms with Crippen LogP contribution in [-0.4, -0.2) is 64.0 Å². The standard InChI is InChI=1S/C21H28N4O2/c1-21-11-7-13-25(18(21)10-5-6-12-24(21)2)19(26)14-27-20-16-8-3-4-9-17(16)22-15-23-20/h3-4,8-9,15,18H,5-7,10-14H2,1-2H3/t18-,21-/m0/s1. The highest BCUT2D eigenvalue weighted by atomic mass is 16.5. The fraction of sp³-hybridized carbons (Fsp3) is 0.571. The summed E-state index contributed by atoms with van der Waals surface area (Å²) >= 11 is 0. The highest BCUT2D eigenvalue weighted by Gasteiger charge is 2.46. The summed E-state index contributed by atoms with van der Waals surface area (Å²) in [5, 5.41) is 0.838. The van der Waals surface area contributed by atoms with Gasteiger partial charge < -0.3 is 9.64 Å². The van der Waals surface area contributed by atoms with Gasteiger partial charge in [0.15, 0.2) is 6.61 Å². The van der Waals surface area contributed by atoms with E-state index < -0.39 is 0 Å². The van der Waals surface area contributed by atoms with Gasteiger partial charge in [0.05, 0.1) is 10.9 Å². The third-order valence-corrected chi connectivity index (χ3v) is 6.43. The molecular formula is C21H28N4O2. The highest BCUT2D eigenvalue weighted by Crippen LogP contribution is 2.37. The second-order valence-corrected chi connectivity index (χ2v) is 7.97. The zero-order valence-corrected chi connectivity index (χ0v) is 16.2. The molecule has 2 aliphatic rings. The normalized spacial score (nSPS) is 26.4. The van der Waals surface area contributed by atoms with Crippen LogP contribution in [0.1, 0.15) is 39.0 Å². The zero-order chi connectivity index (χ0) is 18.9. The van der Waals surface area contributed by atoms with E-state index in [1.807, 2.05) is 24.3 Å². The number of piperidine rings is 1. The van der Waals surface area contributed by atoms with E-state index in [1.54, 1.807) is 0 Å². The molecule has 1 aromatic heterocycles. The molecule has 0 unspecified atom stereocenters. The summed E-state index contributed by atoms with van der Waals surface area (Å²) in [7, 11) is 2.20. The molecule has 2 fully saturated rings. The van der Waals surface area contributed by atoms with Gasteiger partial charge in [-0.3, -0.25) is 9.69 Å². The Balaban J connectivity index is 1.50. The Kier molecular flexibility index (Phi) is 5.00. The Morgan fingerprint density at radius 1 is 1.22 bits per heavy atom. The number of nitrogens with zero attached hydrogens (tertiary/aromatic N) is 4. The number of carbonyl (C=O) groups excluding carboxylic acids is 1. The molecule has 6 heteroatoms. The van der Waals surface area contributed by atoms with Gasteiger partial charge in [0.1, 0.15) is 6.33 Å². The van der Waals surface area contributed by atoms with Crippen molar-refractivity contribution in [2.45, 2.75) is 50.6 Å². The van der Waals surface area contributed by atoms with Crippen LogP contribution in [0.15, 0.2) is 30.6 Å². The Morgan fingerprint density at radius 2 is 2.07 bits per heavy atom. The molecule has 144 valence electrons. The number of carbonyl (C=O) groups is 1. The summed E-state index contributed by atoms with van der Waals surface area (Å²) in [6.45, 7) is 4.28. The molecule has 2 aromatic rings. The van der Waals surface area contributed by atoms with Gasteiger partial charge in [0.2, 0.25) is 5.88 Å². The number of amides is 1. The maximum Gasteiger partial charge on any atom is 0.260 e. The molecule has 1 aromatic carbocycles. The van der Waals surface area contributed by atoms with Gasteiger partial charge in [-0.25, -0.2) is 9.97 Å². The molecule has 4 rings (SSSR count). The minimum atomic E-state index is 0.0251. The predicted molar refractivity (Wildman–Crippen MR) is 105 cm³/mol. The van der Waals surface area contributed by atoms with E-state index in [4.69, 9.17) is 4.74 Å². The third kappa shape index (κ3) is 3.38. The Morgan fingerprint density at radius 3 is 2.96 bits per heavy atom. The van der Waals surface area contributed by atoms with Gasteiger partial charge in [-0.05, 0) is 58.3 Å². The lowest BCUT2D eigenvalue weighted by Crippen LogP contribution is -2.63. The van der Waals surface area contributed by atoms with Crippen LogP contribution in [0.25, 0.3) is 10.9 Å². The summed E-state index contributed by atoms with van der Waals surface area (Å²) in [5.74, 6) is 0.538. The van der Waals surface area contributed by atoms with Crippen molar-refractivity contribution in [1.82, 2.24) is 19.8 Å². The SMILES string of the molecule is CN1CCCC[C@@H]2N(C(=O)COc3ncnc4ccccc34)CCC[C@@]21C. The Bertz CT molecular complexity index is 821. The Labute approximate surface area is 160 Å². The molecule has 0 bridgehead atoms. The maximum atomic E-state index is 13.1. The lowest BCUT2D eigenvalue weighted by molar-refractivity contribution is -0.142. The first kappa shape index (κ1) is 18.2. The van der Waals surface area contributed by atoms with Crippen LogP contribution in [0, 0.1) is 0 Å². The molecule has 2 atom stereocenters. The lowest BCUT2D eigenvalue weighted by Gasteiger charge is -2.51. The summed E-state index contributed by atoms with van der Waals surface area (Å²) in [6, 6.07) is 7.97. The molecule has 27 heavy (non-hydrogen) atoms. The van der Waals surface area contributed by atoms with Crippen molar-refractivity contribution in [3.63, 3.8) is 0 Å². The van der Waals surface area contributed by atoms with Crippen molar-refractivity contribution in [1.29, 1.82) is 0 Å². The average Bonchev–Trinajstić information content (AvgIpc) is 2.84. The number of rotatable bonds is 3. The van der Waals surface area contributed by atoms with E-state index in [0.29, 0.717) is 5.88 Å². The summed E-state index contributed by atoms with van der Waals surface area (Å²) in [5.41, 5.74) is 0.886. The molecule has 2 saturated heterocycles. The second-order valence-electron chi connectivity index (χ2n) is 7.97. The second kappa shape index (κ2) is 7.43. The van der Waals surface area contributed by atoms with Gasteiger partial charge in [-0.1, -0.05) is 18.6 Å². The van der Waals surface area contributed by atoms with E-state index in [0.717, 1.165) is 43.3 Å². The van der Waals surface area contributed by atoms with Gasteiger partial charge in [-0.15, -0.1) is 0 Å². The number of hydrogen-bond acceptors (Lipinski definition) is 5. The van der Waals surface area contributed by atoms with Gasteiger partial charge >= 0.3 is 0 Å². The monoisotopic (exact) mass is 368 g/mol. The third-order valence-electron chi connectivity index (χ3n) is 6.43. The lowest BCUT2D eigenvalue weighted by atomic mass is 9.80. The number of likely N-dealkylation sites (tertiary alicyclic amines) is 2. The van der Waals surface area contributed by atoms with Crippen molar-refractivity contribution in [3.8, 4) is 5.88 Å². The van der Waals surface area contributed by atoms with E-state index in [-0.39, 0.29) is 24.1 Å². The molecule has 6 nitrogen and oxygen atoms in total. The first-order chi connectivity index (χ1) is 13.1.